The Labute approximate surface area is 123 Å². The summed E-state index contributed by atoms with van der Waals surface area (Å²) in [6.07, 6.45) is 0.750. The van der Waals surface area contributed by atoms with Crippen LogP contribution in [-0.2, 0) is 4.79 Å². The zero-order valence-corrected chi connectivity index (χ0v) is 12.5. The number of hydrogen-bond acceptors (Lipinski definition) is 5. The lowest BCUT2D eigenvalue weighted by molar-refractivity contribution is -0.384. The molecule has 7 nitrogen and oxygen atoms in total. The quantitative estimate of drug-likeness (QED) is 0.592. The van der Waals surface area contributed by atoms with Crippen molar-refractivity contribution < 1.29 is 14.5 Å². The van der Waals surface area contributed by atoms with Gasteiger partial charge in [-0.05, 0) is 25.0 Å². The van der Waals surface area contributed by atoms with Gasteiger partial charge in [-0.3, -0.25) is 14.9 Å². The van der Waals surface area contributed by atoms with E-state index < -0.39 is 16.9 Å². The van der Waals surface area contributed by atoms with Crippen LogP contribution >= 0.6 is 0 Å². The lowest BCUT2D eigenvalue weighted by Gasteiger charge is -2.17. The molecule has 0 heterocycles. The molecule has 0 spiro atoms. The van der Waals surface area contributed by atoms with Crippen molar-refractivity contribution in [3.63, 3.8) is 0 Å². The number of benzene rings is 1. The number of anilines is 1. The number of nitrogens with one attached hydrogen (secondary N) is 1. The van der Waals surface area contributed by atoms with Crippen LogP contribution in [0, 0.1) is 16.0 Å². The zero-order chi connectivity index (χ0) is 16.0. The molecule has 7 heteroatoms. The van der Waals surface area contributed by atoms with Crippen LogP contribution in [0.25, 0.3) is 0 Å². The normalized spacial score (nSPS) is 13.3. The van der Waals surface area contributed by atoms with Gasteiger partial charge in [0.2, 0.25) is 5.91 Å². The molecule has 0 saturated heterocycles. The van der Waals surface area contributed by atoms with Crippen LogP contribution in [0.4, 0.5) is 11.4 Å². The predicted molar refractivity (Wildman–Crippen MR) is 80.3 cm³/mol. The Morgan fingerprint density at radius 3 is 2.67 bits per heavy atom. The van der Waals surface area contributed by atoms with Crippen molar-refractivity contribution >= 4 is 17.3 Å². The minimum atomic E-state index is -0.707. The molecule has 1 aromatic carbocycles. The fraction of sp³-hybridized carbons (Fsp3) is 0.500. The first-order valence-corrected chi connectivity index (χ1v) is 6.88. The summed E-state index contributed by atoms with van der Waals surface area (Å²) in [7, 11) is 0. The lowest BCUT2D eigenvalue weighted by Crippen LogP contribution is -2.40. The van der Waals surface area contributed by atoms with E-state index in [1.807, 2.05) is 13.8 Å². The SMILES string of the molecule is CCOc1ccc(NC(=O)[C@@H](N)C(C)CC)c([N+](=O)[O-])c1. The Kier molecular flexibility index (Phi) is 6.10. The summed E-state index contributed by atoms with van der Waals surface area (Å²) in [5.41, 5.74) is 5.72. The summed E-state index contributed by atoms with van der Waals surface area (Å²) < 4.78 is 5.22. The number of nitrogens with zero attached hydrogens (tertiary/aromatic N) is 1. The average Bonchev–Trinajstić information content (AvgIpc) is 2.47. The second kappa shape index (κ2) is 7.58. The number of amides is 1. The maximum atomic E-state index is 12.0. The molecule has 0 saturated carbocycles. The number of nitro benzene ring substituents is 1. The highest BCUT2D eigenvalue weighted by Gasteiger charge is 2.23. The summed E-state index contributed by atoms with van der Waals surface area (Å²) in [6.45, 7) is 5.97. The van der Waals surface area contributed by atoms with Crippen molar-refractivity contribution in [2.45, 2.75) is 33.2 Å². The smallest absolute Gasteiger partial charge is 0.296 e. The van der Waals surface area contributed by atoms with E-state index in [2.05, 4.69) is 5.32 Å². The molecule has 0 aliphatic carbocycles. The van der Waals surface area contributed by atoms with Crippen LogP contribution in [0.1, 0.15) is 27.2 Å². The number of carbonyl (C=O) groups is 1. The van der Waals surface area contributed by atoms with Crippen molar-refractivity contribution in [1.82, 2.24) is 0 Å². The van der Waals surface area contributed by atoms with Crippen molar-refractivity contribution in [1.29, 1.82) is 0 Å². The number of carbonyl (C=O) groups excluding carboxylic acids is 1. The van der Waals surface area contributed by atoms with Gasteiger partial charge in [0.05, 0.1) is 23.6 Å². The highest BCUT2D eigenvalue weighted by molar-refractivity contribution is 5.96. The monoisotopic (exact) mass is 295 g/mol. The van der Waals surface area contributed by atoms with Gasteiger partial charge in [0.1, 0.15) is 11.4 Å². The van der Waals surface area contributed by atoms with E-state index >= 15 is 0 Å². The average molecular weight is 295 g/mol. The van der Waals surface area contributed by atoms with E-state index in [0.29, 0.717) is 12.4 Å². The first-order chi connectivity index (χ1) is 9.90. The molecule has 0 aromatic heterocycles. The molecule has 1 amide bonds. The van der Waals surface area contributed by atoms with E-state index in [1.165, 1.54) is 12.1 Å². The van der Waals surface area contributed by atoms with Gasteiger partial charge < -0.3 is 15.8 Å². The zero-order valence-electron chi connectivity index (χ0n) is 12.5. The predicted octanol–water partition coefficient (Wildman–Crippen LogP) is 2.31. The van der Waals surface area contributed by atoms with E-state index in [1.54, 1.807) is 13.0 Å². The Morgan fingerprint density at radius 2 is 2.14 bits per heavy atom. The van der Waals surface area contributed by atoms with E-state index in [4.69, 9.17) is 10.5 Å². The summed E-state index contributed by atoms with van der Waals surface area (Å²) in [5.74, 6) is -0.0585. The van der Waals surface area contributed by atoms with E-state index in [0.717, 1.165) is 6.42 Å². The number of hydrogen-bond donors (Lipinski definition) is 2. The van der Waals surface area contributed by atoms with Crippen molar-refractivity contribution in [2.75, 3.05) is 11.9 Å². The fourth-order valence-corrected chi connectivity index (χ4v) is 1.75. The summed E-state index contributed by atoms with van der Waals surface area (Å²) in [5, 5.41) is 13.6. The number of nitro groups is 1. The molecule has 0 aliphatic rings. The molecule has 3 N–H and O–H groups in total. The molecule has 0 radical (unpaired) electrons. The highest BCUT2D eigenvalue weighted by Crippen LogP contribution is 2.29. The van der Waals surface area contributed by atoms with Gasteiger partial charge in [-0.2, -0.15) is 0 Å². The third-order valence-electron chi connectivity index (χ3n) is 3.29. The molecule has 0 fully saturated rings. The molecule has 1 aromatic rings. The molecule has 116 valence electrons. The molecule has 2 atom stereocenters. The van der Waals surface area contributed by atoms with E-state index in [9.17, 15) is 14.9 Å². The lowest BCUT2D eigenvalue weighted by atomic mass is 9.99. The molecular weight excluding hydrogens is 274 g/mol. The van der Waals surface area contributed by atoms with Crippen LogP contribution in [0.2, 0.25) is 0 Å². The number of nitrogens with two attached hydrogens (primary N) is 1. The maximum Gasteiger partial charge on any atom is 0.296 e. The molecule has 1 rings (SSSR count). The van der Waals surface area contributed by atoms with Crippen LogP contribution in [0.3, 0.4) is 0 Å². The molecule has 0 bridgehead atoms. The standard InChI is InChI=1S/C14H21N3O4/c1-4-9(3)13(15)14(18)16-11-7-6-10(21-5-2)8-12(11)17(19)20/h6-9,13H,4-5,15H2,1-3H3,(H,16,18)/t9?,13-/m0/s1. The van der Waals surface area contributed by atoms with Gasteiger partial charge in [0.25, 0.3) is 5.69 Å². The van der Waals surface area contributed by atoms with Gasteiger partial charge in [0.15, 0.2) is 0 Å². The summed E-state index contributed by atoms with van der Waals surface area (Å²) in [6, 6.07) is 3.60. The Balaban J connectivity index is 2.97. The van der Waals surface area contributed by atoms with Gasteiger partial charge in [-0.25, -0.2) is 0 Å². The van der Waals surface area contributed by atoms with Gasteiger partial charge in [-0.15, -0.1) is 0 Å². The number of rotatable bonds is 7. The minimum absolute atomic E-state index is 0.00764. The summed E-state index contributed by atoms with van der Waals surface area (Å²) >= 11 is 0. The van der Waals surface area contributed by atoms with Crippen LogP contribution in [0.15, 0.2) is 18.2 Å². The largest absolute Gasteiger partial charge is 0.494 e. The Morgan fingerprint density at radius 1 is 1.48 bits per heavy atom. The molecule has 0 aliphatic heterocycles. The molecule has 21 heavy (non-hydrogen) atoms. The second-order valence-electron chi connectivity index (χ2n) is 4.77. The van der Waals surface area contributed by atoms with Crippen molar-refractivity contribution in [2.24, 2.45) is 11.7 Å². The van der Waals surface area contributed by atoms with Crippen molar-refractivity contribution in [3.05, 3.63) is 28.3 Å². The van der Waals surface area contributed by atoms with Crippen molar-refractivity contribution in [3.8, 4) is 5.75 Å². The molecular formula is C14H21N3O4. The Bertz CT molecular complexity index is 519. The third-order valence-corrected chi connectivity index (χ3v) is 3.29. The van der Waals surface area contributed by atoms with Crippen LogP contribution in [-0.4, -0.2) is 23.5 Å². The van der Waals surface area contributed by atoms with Gasteiger partial charge in [0, 0.05) is 0 Å². The Hall–Kier alpha value is -2.15. The first-order valence-electron chi connectivity index (χ1n) is 6.88. The molecule has 1 unspecified atom stereocenters. The maximum absolute atomic E-state index is 12.0. The summed E-state index contributed by atoms with van der Waals surface area (Å²) in [4.78, 5) is 22.5. The van der Waals surface area contributed by atoms with Gasteiger partial charge >= 0.3 is 0 Å². The second-order valence-corrected chi connectivity index (χ2v) is 4.77. The third kappa shape index (κ3) is 4.42. The van der Waals surface area contributed by atoms with Crippen LogP contribution in [0.5, 0.6) is 5.75 Å². The number of ether oxygens (including phenoxy) is 1. The van der Waals surface area contributed by atoms with Crippen LogP contribution < -0.4 is 15.8 Å². The van der Waals surface area contributed by atoms with E-state index in [-0.39, 0.29) is 17.3 Å². The minimum Gasteiger partial charge on any atom is -0.494 e. The first kappa shape index (κ1) is 16.9. The highest BCUT2D eigenvalue weighted by atomic mass is 16.6. The van der Waals surface area contributed by atoms with Gasteiger partial charge in [-0.1, -0.05) is 20.3 Å². The fourth-order valence-electron chi connectivity index (χ4n) is 1.75. The topological polar surface area (TPSA) is 107 Å².